The standard InChI is InChI=1S/C8H18O6S/c1-11-5-3-7-13-15(9,10)14-8-4-6-12-2/h3-8H2,1-2H3. The Balaban J connectivity index is 3.50. The van der Waals surface area contributed by atoms with Crippen LogP contribution in [-0.2, 0) is 28.2 Å². The van der Waals surface area contributed by atoms with Gasteiger partial charge < -0.3 is 9.47 Å². The van der Waals surface area contributed by atoms with Crippen molar-refractivity contribution in [1.29, 1.82) is 0 Å². The molecule has 0 amide bonds. The van der Waals surface area contributed by atoms with Gasteiger partial charge in [-0.15, -0.1) is 0 Å². The van der Waals surface area contributed by atoms with E-state index in [1.165, 1.54) is 14.2 Å². The van der Waals surface area contributed by atoms with E-state index in [4.69, 9.17) is 9.47 Å². The summed E-state index contributed by atoms with van der Waals surface area (Å²) in [5.41, 5.74) is 0. The quantitative estimate of drug-likeness (QED) is 0.514. The van der Waals surface area contributed by atoms with E-state index < -0.39 is 10.4 Å². The minimum absolute atomic E-state index is 0.0699. The molecule has 7 heteroatoms. The fourth-order valence-corrected chi connectivity index (χ4v) is 1.47. The molecule has 0 unspecified atom stereocenters. The zero-order valence-electron chi connectivity index (χ0n) is 9.10. The smallest absolute Gasteiger partial charge is 0.385 e. The van der Waals surface area contributed by atoms with Gasteiger partial charge in [0.1, 0.15) is 0 Å². The number of hydrogen-bond acceptors (Lipinski definition) is 6. The number of rotatable bonds is 10. The summed E-state index contributed by atoms with van der Waals surface area (Å²) in [5, 5.41) is 0. The van der Waals surface area contributed by atoms with Crippen molar-refractivity contribution in [2.75, 3.05) is 40.6 Å². The molecular formula is C8H18O6S. The Morgan fingerprint density at radius 3 is 1.53 bits per heavy atom. The third-order valence-corrected chi connectivity index (χ3v) is 2.35. The van der Waals surface area contributed by atoms with Crippen molar-refractivity contribution >= 4 is 10.4 Å². The lowest BCUT2D eigenvalue weighted by atomic mass is 10.5. The highest BCUT2D eigenvalue weighted by molar-refractivity contribution is 7.81. The van der Waals surface area contributed by atoms with E-state index in [1.807, 2.05) is 0 Å². The highest BCUT2D eigenvalue weighted by Crippen LogP contribution is 1.98. The monoisotopic (exact) mass is 242 g/mol. The summed E-state index contributed by atoms with van der Waals surface area (Å²) in [6, 6.07) is 0. The molecule has 0 radical (unpaired) electrons. The van der Waals surface area contributed by atoms with Crippen molar-refractivity contribution in [3.05, 3.63) is 0 Å². The molecule has 0 aromatic heterocycles. The zero-order chi connectivity index (χ0) is 11.6. The Morgan fingerprint density at radius 1 is 0.800 bits per heavy atom. The molecule has 0 aliphatic carbocycles. The first-order valence-corrected chi connectivity index (χ1v) is 5.97. The van der Waals surface area contributed by atoms with Crippen LogP contribution in [0.1, 0.15) is 12.8 Å². The van der Waals surface area contributed by atoms with Gasteiger partial charge >= 0.3 is 10.4 Å². The number of methoxy groups -OCH3 is 2. The molecule has 92 valence electrons. The predicted molar refractivity (Wildman–Crippen MR) is 53.8 cm³/mol. The van der Waals surface area contributed by atoms with Gasteiger partial charge in [0.15, 0.2) is 0 Å². The van der Waals surface area contributed by atoms with Gasteiger partial charge in [-0.25, -0.2) is 8.37 Å². The van der Waals surface area contributed by atoms with Gasteiger partial charge in [0, 0.05) is 27.4 Å². The average molecular weight is 242 g/mol. The Labute approximate surface area is 90.8 Å². The molecule has 0 aliphatic rings. The molecule has 0 saturated heterocycles. The minimum atomic E-state index is -3.85. The van der Waals surface area contributed by atoms with Crippen molar-refractivity contribution < 1.29 is 26.3 Å². The van der Waals surface area contributed by atoms with Crippen molar-refractivity contribution in [3.8, 4) is 0 Å². The van der Waals surface area contributed by atoms with Gasteiger partial charge in [-0.3, -0.25) is 0 Å². The second-order valence-electron chi connectivity index (χ2n) is 2.74. The summed E-state index contributed by atoms with van der Waals surface area (Å²) in [7, 11) is -0.779. The van der Waals surface area contributed by atoms with Crippen molar-refractivity contribution in [2.45, 2.75) is 12.8 Å². The summed E-state index contributed by atoms with van der Waals surface area (Å²) in [4.78, 5) is 0. The van der Waals surface area contributed by atoms with Crippen LogP contribution in [0.3, 0.4) is 0 Å². The average Bonchev–Trinajstić information content (AvgIpc) is 2.20. The Kier molecular flexibility index (Phi) is 8.92. The largest absolute Gasteiger partial charge is 0.399 e. The zero-order valence-corrected chi connectivity index (χ0v) is 9.92. The molecule has 0 bridgehead atoms. The first-order valence-electron chi connectivity index (χ1n) is 4.64. The van der Waals surface area contributed by atoms with Gasteiger partial charge in [-0.05, 0) is 12.8 Å². The summed E-state index contributed by atoms with van der Waals surface area (Å²) < 4.78 is 40.6. The van der Waals surface area contributed by atoms with Gasteiger partial charge in [-0.1, -0.05) is 0 Å². The molecule has 0 N–H and O–H groups in total. The molecular weight excluding hydrogens is 224 g/mol. The van der Waals surface area contributed by atoms with Crippen LogP contribution in [-0.4, -0.2) is 49.1 Å². The molecule has 0 fully saturated rings. The van der Waals surface area contributed by atoms with Crippen LogP contribution in [0.15, 0.2) is 0 Å². The fourth-order valence-electron chi connectivity index (χ4n) is 0.763. The lowest BCUT2D eigenvalue weighted by Gasteiger charge is -2.05. The van der Waals surface area contributed by atoms with Crippen molar-refractivity contribution in [1.82, 2.24) is 0 Å². The molecule has 0 rings (SSSR count). The maximum atomic E-state index is 11.0. The van der Waals surface area contributed by atoms with Crippen LogP contribution in [0.5, 0.6) is 0 Å². The van der Waals surface area contributed by atoms with Crippen LogP contribution < -0.4 is 0 Å². The van der Waals surface area contributed by atoms with E-state index in [-0.39, 0.29) is 13.2 Å². The van der Waals surface area contributed by atoms with E-state index in [9.17, 15) is 8.42 Å². The third kappa shape index (κ3) is 10.1. The van der Waals surface area contributed by atoms with Crippen molar-refractivity contribution in [3.63, 3.8) is 0 Å². The highest BCUT2D eigenvalue weighted by atomic mass is 32.3. The third-order valence-electron chi connectivity index (χ3n) is 1.44. The van der Waals surface area contributed by atoms with E-state index in [1.54, 1.807) is 0 Å². The normalized spacial score (nSPS) is 11.9. The minimum Gasteiger partial charge on any atom is -0.385 e. The molecule has 0 atom stereocenters. The van der Waals surface area contributed by atoms with E-state index in [2.05, 4.69) is 8.37 Å². The van der Waals surface area contributed by atoms with Crippen LogP contribution in [0.2, 0.25) is 0 Å². The Hall–Kier alpha value is -0.210. The molecule has 0 aromatic rings. The van der Waals surface area contributed by atoms with Gasteiger partial charge in [0.05, 0.1) is 13.2 Å². The summed E-state index contributed by atoms with van der Waals surface area (Å²) in [6.07, 6.45) is 1.02. The first kappa shape index (κ1) is 14.8. The van der Waals surface area contributed by atoms with E-state index >= 15 is 0 Å². The highest BCUT2D eigenvalue weighted by Gasteiger charge is 2.10. The number of hydrogen-bond donors (Lipinski definition) is 0. The van der Waals surface area contributed by atoms with E-state index in [0.29, 0.717) is 26.1 Å². The lowest BCUT2D eigenvalue weighted by Crippen LogP contribution is -2.13. The second-order valence-corrected chi connectivity index (χ2v) is 4.03. The summed E-state index contributed by atoms with van der Waals surface area (Å²) >= 11 is 0. The Morgan fingerprint density at radius 2 is 1.20 bits per heavy atom. The maximum absolute atomic E-state index is 11.0. The SMILES string of the molecule is COCCCOS(=O)(=O)OCCCOC. The van der Waals surface area contributed by atoms with E-state index in [0.717, 1.165) is 0 Å². The summed E-state index contributed by atoms with van der Waals surface area (Å²) in [5.74, 6) is 0. The predicted octanol–water partition coefficient (Wildman–Crippen LogP) is 0.337. The van der Waals surface area contributed by atoms with Gasteiger partial charge in [-0.2, -0.15) is 8.42 Å². The number of ether oxygens (including phenoxy) is 2. The molecule has 0 aliphatic heterocycles. The van der Waals surface area contributed by atoms with Gasteiger partial charge in [0.2, 0.25) is 0 Å². The molecule has 6 nitrogen and oxygen atoms in total. The fraction of sp³-hybridized carbons (Fsp3) is 1.00. The lowest BCUT2D eigenvalue weighted by molar-refractivity contribution is 0.147. The van der Waals surface area contributed by atoms with Crippen LogP contribution in [0, 0.1) is 0 Å². The molecule has 0 aromatic carbocycles. The Bertz CT molecular complexity index is 207. The van der Waals surface area contributed by atoms with Gasteiger partial charge in [0.25, 0.3) is 0 Å². The topological polar surface area (TPSA) is 71.1 Å². The van der Waals surface area contributed by atoms with Crippen LogP contribution in [0.4, 0.5) is 0 Å². The van der Waals surface area contributed by atoms with Crippen LogP contribution >= 0.6 is 0 Å². The maximum Gasteiger partial charge on any atom is 0.399 e. The molecule has 0 saturated carbocycles. The molecule has 0 heterocycles. The second kappa shape index (κ2) is 9.05. The first-order chi connectivity index (χ1) is 7.12. The molecule has 15 heavy (non-hydrogen) atoms. The van der Waals surface area contributed by atoms with Crippen LogP contribution in [0.25, 0.3) is 0 Å². The molecule has 0 spiro atoms. The van der Waals surface area contributed by atoms with Crippen molar-refractivity contribution in [2.24, 2.45) is 0 Å². The summed E-state index contributed by atoms with van der Waals surface area (Å²) in [6.45, 7) is 1.05.